The number of nitrogens with one attached hydrogen (secondary N) is 1. The van der Waals surface area contributed by atoms with E-state index in [9.17, 15) is 8.42 Å². The molecule has 2 rings (SSSR count). The van der Waals surface area contributed by atoms with Crippen LogP contribution in [0.4, 0.5) is 5.69 Å². The second-order valence-electron chi connectivity index (χ2n) is 4.51. The summed E-state index contributed by atoms with van der Waals surface area (Å²) in [5, 5.41) is -0.00156. The van der Waals surface area contributed by atoms with Crippen molar-refractivity contribution >= 4 is 38.9 Å². The zero-order valence-electron chi connectivity index (χ0n) is 12.1. The highest BCUT2D eigenvalue weighted by Crippen LogP contribution is 2.37. The van der Waals surface area contributed by atoms with Crippen LogP contribution in [0.2, 0.25) is 10.0 Å². The molecule has 0 aliphatic heterocycles. The summed E-state index contributed by atoms with van der Waals surface area (Å²) in [6.07, 6.45) is 0.704. The average molecular weight is 360 g/mol. The Balaban J connectivity index is 2.46. The Kier molecular flexibility index (Phi) is 5.21. The normalized spacial score (nSPS) is 11.3. The third-order valence-electron chi connectivity index (χ3n) is 3.16. The molecule has 1 N–H and O–H groups in total. The second-order valence-corrected chi connectivity index (χ2v) is 6.92. The molecule has 0 aromatic heterocycles. The Morgan fingerprint density at radius 2 is 1.77 bits per heavy atom. The lowest BCUT2D eigenvalue weighted by atomic mass is 10.1. The Morgan fingerprint density at radius 3 is 2.41 bits per heavy atom. The van der Waals surface area contributed by atoms with Crippen LogP contribution in [0.15, 0.2) is 41.3 Å². The molecule has 0 fully saturated rings. The van der Waals surface area contributed by atoms with E-state index in [1.54, 1.807) is 12.1 Å². The summed E-state index contributed by atoms with van der Waals surface area (Å²) in [5.74, 6) is 0.319. The van der Waals surface area contributed by atoms with Gasteiger partial charge in [0.1, 0.15) is 15.7 Å². The molecule has 22 heavy (non-hydrogen) atoms. The monoisotopic (exact) mass is 359 g/mol. The summed E-state index contributed by atoms with van der Waals surface area (Å²) in [5.41, 5.74) is 1.41. The maximum Gasteiger partial charge on any atom is 0.263 e. The van der Waals surface area contributed by atoms with Gasteiger partial charge in [0.2, 0.25) is 0 Å². The van der Waals surface area contributed by atoms with Gasteiger partial charge in [0.25, 0.3) is 10.0 Å². The molecule has 4 nitrogen and oxygen atoms in total. The molecule has 0 saturated heterocycles. The number of halogens is 2. The fraction of sp³-hybridized carbons (Fsp3) is 0.200. The average Bonchev–Trinajstić information content (AvgIpc) is 2.50. The molecule has 118 valence electrons. The minimum absolute atomic E-state index is 0.0656. The van der Waals surface area contributed by atoms with Crippen LogP contribution in [0.1, 0.15) is 12.5 Å². The third-order valence-corrected chi connectivity index (χ3v) is 5.55. The van der Waals surface area contributed by atoms with Gasteiger partial charge in [-0.05, 0) is 30.2 Å². The first-order chi connectivity index (χ1) is 10.4. The first kappa shape index (κ1) is 16.9. The minimum atomic E-state index is -3.85. The van der Waals surface area contributed by atoms with Crippen molar-refractivity contribution in [3.63, 3.8) is 0 Å². The van der Waals surface area contributed by atoms with Gasteiger partial charge >= 0.3 is 0 Å². The van der Waals surface area contributed by atoms with Gasteiger partial charge in [-0.1, -0.05) is 48.3 Å². The van der Waals surface area contributed by atoms with E-state index in [1.807, 2.05) is 19.1 Å². The van der Waals surface area contributed by atoms with Gasteiger partial charge in [0.15, 0.2) is 0 Å². The molecule has 2 aromatic carbocycles. The SMILES string of the molecule is CCc1ccccc1NS(=O)(=O)c1ccc(OC)c(Cl)c1Cl. The van der Waals surface area contributed by atoms with E-state index in [1.165, 1.54) is 19.2 Å². The molecule has 0 radical (unpaired) electrons. The van der Waals surface area contributed by atoms with Crippen molar-refractivity contribution in [1.29, 1.82) is 0 Å². The van der Waals surface area contributed by atoms with E-state index >= 15 is 0 Å². The van der Waals surface area contributed by atoms with Gasteiger partial charge < -0.3 is 4.74 Å². The predicted octanol–water partition coefficient (Wildman–Crippen LogP) is 4.37. The Bertz CT molecular complexity index is 791. The van der Waals surface area contributed by atoms with Gasteiger partial charge in [0.05, 0.1) is 17.8 Å². The summed E-state index contributed by atoms with van der Waals surface area (Å²) >= 11 is 12.1. The Hall–Kier alpha value is -1.43. The molecule has 0 saturated carbocycles. The van der Waals surface area contributed by atoms with Crippen molar-refractivity contribution in [3.05, 3.63) is 52.0 Å². The van der Waals surface area contributed by atoms with E-state index in [-0.39, 0.29) is 14.9 Å². The van der Waals surface area contributed by atoms with E-state index in [2.05, 4.69) is 4.72 Å². The highest BCUT2D eigenvalue weighted by Gasteiger charge is 2.22. The van der Waals surface area contributed by atoms with Crippen molar-refractivity contribution < 1.29 is 13.2 Å². The number of hydrogen-bond donors (Lipinski definition) is 1. The summed E-state index contributed by atoms with van der Waals surface area (Å²) < 4.78 is 32.7. The van der Waals surface area contributed by atoms with Crippen molar-refractivity contribution in [3.8, 4) is 5.75 Å². The van der Waals surface area contributed by atoms with Crippen LogP contribution in [-0.4, -0.2) is 15.5 Å². The minimum Gasteiger partial charge on any atom is -0.495 e. The quantitative estimate of drug-likeness (QED) is 0.862. The molecule has 0 aliphatic carbocycles. The first-order valence-electron chi connectivity index (χ1n) is 6.53. The molecular weight excluding hydrogens is 345 g/mol. The fourth-order valence-corrected chi connectivity index (χ4v) is 3.95. The van der Waals surface area contributed by atoms with Crippen LogP contribution in [-0.2, 0) is 16.4 Å². The van der Waals surface area contributed by atoms with Crippen LogP contribution in [0.25, 0.3) is 0 Å². The molecule has 0 unspecified atom stereocenters. The topological polar surface area (TPSA) is 55.4 Å². The standard InChI is InChI=1S/C15H15Cl2NO3S/c1-3-10-6-4-5-7-11(10)18-22(19,20)13-9-8-12(21-2)14(16)15(13)17/h4-9,18H,3H2,1-2H3. The molecular formula is C15H15Cl2NO3S. The van der Waals surface area contributed by atoms with Gasteiger partial charge in [-0.3, -0.25) is 4.72 Å². The zero-order valence-corrected chi connectivity index (χ0v) is 14.4. The van der Waals surface area contributed by atoms with Crippen molar-refractivity contribution in [2.24, 2.45) is 0 Å². The highest BCUT2D eigenvalue weighted by molar-refractivity contribution is 7.92. The first-order valence-corrected chi connectivity index (χ1v) is 8.77. The third kappa shape index (κ3) is 3.32. The second kappa shape index (κ2) is 6.77. The van der Waals surface area contributed by atoms with Crippen molar-refractivity contribution in [2.45, 2.75) is 18.2 Å². The number of sulfonamides is 1. The molecule has 0 atom stereocenters. The molecule has 0 heterocycles. The molecule has 0 amide bonds. The summed E-state index contributed by atoms with van der Waals surface area (Å²) in [6, 6.07) is 10.0. The molecule has 7 heteroatoms. The summed E-state index contributed by atoms with van der Waals surface area (Å²) in [7, 11) is -2.41. The lowest BCUT2D eigenvalue weighted by molar-refractivity contribution is 0.414. The van der Waals surface area contributed by atoms with Crippen LogP contribution < -0.4 is 9.46 Å². The van der Waals surface area contributed by atoms with Gasteiger partial charge in [0, 0.05) is 0 Å². The van der Waals surface area contributed by atoms with Crippen LogP contribution in [0, 0.1) is 0 Å². The molecule has 0 spiro atoms. The number of anilines is 1. The number of rotatable bonds is 5. The van der Waals surface area contributed by atoms with E-state index in [0.29, 0.717) is 17.9 Å². The summed E-state index contributed by atoms with van der Waals surface area (Å²) in [6.45, 7) is 1.95. The van der Waals surface area contributed by atoms with E-state index in [0.717, 1.165) is 5.56 Å². The van der Waals surface area contributed by atoms with Crippen LogP contribution >= 0.6 is 23.2 Å². The van der Waals surface area contributed by atoms with Gasteiger partial charge in [-0.25, -0.2) is 8.42 Å². The van der Waals surface area contributed by atoms with E-state index in [4.69, 9.17) is 27.9 Å². The molecule has 0 bridgehead atoms. The molecule has 2 aromatic rings. The lowest BCUT2D eigenvalue weighted by Crippen LogP contribution is -2.15. The lowest BCUT2D eigenvalue weighted by Gasteiger charge is -2.14. The fourth-order valence-electron chi connectivity index (χ4n) is 2.01. The largest absolute Gasteiger partial charge is 0.495 e. The van der Waals surface area contributed by atoms with Crippen LogP contribution in [0.5, 0.6) is 5.75 Å². The zero-order chi connectivity index (χ0) is 16.3. The van der Waals surface area contributed by atoms with Crippen LogP contribution in [0.3, 0.4) is 0 Å². The van der Waals surface area contributed by atoms with E-state index < -0.39 is 10.0 Å². The number of ether oxygens (including phenoxy) is 1. The predicted molar refractivity (Wildman–Crippen MR) is 89.6 cm³/mol. The Morgan fingerprint density at radius 1 is 1.09 bits per heavy atom. The smallest absolute Gasteiger partial charge is 0.263 e. The number of methoxy groups -OCH3 is 1. The number of aryl methyl sites for hydroxylation is 1. The number of hydrogen-bond acceptors (Lipinski definition) is 3. The molecule has 0 aliphatic rings. The van der Waals surface area contributed by atoms with Crippen molar-refractivity contribution in [2.75, 3.05) is 11.8 Å². The number of benzene rings is 2. The van der Waals surface area contributed by atoms with Gasteiger partial charge in [-0.2, -0.15) is 0 Å². The number of para-hydroxylation sites is 1. The maximum absolute atomic E-state index is 12.5. The van der Waals surface area contributed by atoms with Crippen molar-refractivity contribution in [1.82, 2.24) is 0 Å². The summed E-state index contributed by atoms with van der Waals surface area (Å²) in [4.78, 5) is -0.0918. The van der Waals surface area contributed by atoms with Gasteiger partial charge in [-0.15, -0.1) is 0 Å². The maximum atomic E-state index is 12.5. The Labute approximate surface area is 140 Å². The highest BCUT2D eigenvalue weighted by atomic mass is 35.5.